The molecule has 6 aromatic rings. The molecule has 0 bridgehead atoms. The number of aliphatic hydroxyl groups excluding tert-OH is 1. The summed E-state index contributed by atoms with van der Waals surface area (Å²) in [7, 11) is 6.80. The van der Waals surface area contributed by atoms with Gasteiger partial charge in [0.05, 0.1) is 35.0 Å². The van der Waals surface area contributed by atoms with Gasteiger partial charge in [0.25, 0.3) is 0 Å². The molecule has 0 heterocycles. The lowest BCUT2D eigenvalue weighted by Crippen LogP contribution is -2.64. The maximum atomic E-state index is 12.3. The largest absolute Gasteiger partial charge is 0.497 e. The van der Waals surface area contributed by atoms with E-state index in [2.05, 4.69) is 150 Å². The molecule has 0 spiro atoms. The highest BCUT2D eigenvalue weighted by Gasteiger charge is 2.63. The number of hydrogen-bond donors (Lipinski definition) is 1. The van der Waals surface area contributed by atoms with Gasteiger partial charge in [0, 0.05) is 35.9 Å². The fourth-order valence-corrected chi connectivity index (χ4v) is 9.31. The minimum absolute atomic E-state index is 0.0240. The zero-order valence-electron chi connectivity index (χ0n) is 32.2. The molecule has 55 heavy (non-hydrogen) atoms. The van der Waals surface area contributed by atoms with E-state index in [1.165, 1.54) is 11.1 Å². The van der Waals surface area contributed by atoms with Crippen LogP contribution in [0.15, 0.2) is 158 Å². The molecule has 1 saturated carbocycles. The van der Waals surface area contributed by atoms with Crippen LogP contribution in [0.1, 0.15) is 52.1 Å². The molecule has 0 radical (unpaired) electrons. The summed E-state index contributed by atoms with van der Waals surface area (Å²) in [4.78, 5) is 2.66. The molecule has 6 nitrogen and oxygen atoms in total. The molecule has 1 aliphatic carbocycles. The Balaban J connectivity index is 1.58. The number of rotatable bonds is 14. The molecule has 0 saturated heterocycles. The van der Waals surface area contributed by atoms with E-state index in [0.717, 1.165) is 64.8 Å². The minimum atomic E-state index is -0.821. The molecule has 6 heteroatoms. The first-order chi connectivity index (χ1) is 27.0. The first-order valence-corrected chi connectivity index (χ1v) is 19.0. The van der Waals surface area contributed by atoms with Gasteiger partial charge in [-0.15, -0.1) is 0 Å². The van der Waals surface area contributed by atoms with Crippen molar-refractivity contribution >= 4 is 0 Å². The smallest absolute Gasteiger partial charge is 0.118 e. The molecule has 0 aliphatic heterocycles. The fourth-order valence-electron chi connectivity index (χ4n) is 9.31. The number of ether oxygens (including phenoxy) is 4. The summed E-state index contributed by atoms with van der Waals surface area (Å²) in [5.41, 5.74) is 5.29. The molecule has 7 rings (SSSR count). The minimum Gasteiger partial charge on any atom is -0.497 e. The van der Waals surface area contributed by atoms with Crippen LogP contribution in [0, 0.1) is 0 Å². The lowest BCUT2D eigenvalue weighted by atomic mass is 9.43. The van der Waals surface area contributed by atoms with Crippen LogP contribution in [0.4, 0.5) is 0 Å². The zero-order valence-corrected chi connectivity index (χ0v) is 32.2. The highest BCUT2D eigenvalue weighted by molar-refractivity contribution is 5.57. The Morgan fingerprint density at radius 1 is 0.509 bits per heavy atom. The summed E-state index contributed by atoms with van der Waals surface area (Å²) in [6, 6.07) is 55.5. The Kier molecular flexibility index (Phi) is 11.6. The number of methoxy groups -OCH3 is 4. The van der Waals surface area contributed by atoms with Crippen molar-refractivity contribution in [3.63, 3.8) is 0 Å². The molecule has 1 aliphatic rings. The van der Waals surface area contributed by atoms with E-state index in [4.69, 9.17) is 18.9 Å². The van der Waals surface area contributed by atoms with Crippen molar-refractivity contribution in [3.05, 3.63) is 191 Å². The van der Waals surface area contributed by atoms with Gasteiger partial charge < -0.3 is 24.1 Å². The predicted octanol–water partition coefficient (Wildman–Crippen LogP) is 9.59. The number of nitrogens with zero attached hydrogens (tertiary/aromatic N) is 1. The van der Waals surface area contributed by atoms with Crippen molar-refractivity contribution < 1.29 is 24.1 Å². The van der Waals surface area contributed by atoms with Gasteiger partial charge >= 0.3 is 0 Å². The number of hydrogen-bond acceptors (Lipinski definition) is 6. The summed E-state index contributed by atoms with van der Waals surface area (Å²) in [6.07, 6.45) is 1.54. The second kappa shape index (κ2) is 16.8. The highest BCUT2D eigenvalue weighted by Crippen LogP contribution is 2.64. The standard InChI is InChI=1S/C49H51NO5/c1-52-42-23-15-38(16-24-42)47-46(50(33-36-11-7-5-8-12-36)34-37-13-9-6-10-14-37)31-32-48(35-51,39-17-25-43(53-2)26-18-39)49(47,40-19-27-44(54-3)28-20-40)41-21-29-45(55-4)30-22-41/h5-30,46-47,51H,31-35H2,1-4H3. The third-order valence-electron chi connectivity index (χ3n) is 11.9. The average molecular weight is 734 g/mol. The van der Waals surface area contributed by atoms with Gasteiger partial charge in [-0.1, -0.05) is 109 Å². The summed E-state index contributed by atoms with van der Waals surface area (Å²) in [5.74, 6) is 2.94. The summed E-state index contributed by atoms with van der Waals surface area (Å²) in [6.45, 7) is 1.42. The number of benzene rings is 6. The maximum absolute atomic E-state index is 12.3. The predicted molar refractivity (Wildman–Crippen MR) is 219 cm³/mol. The Morgan fingerprint density at radius 2 is 0.891 bits per heavy atom. The van der Waals surface area contributed by atoms with Crippen LogP contribution < -0.4 is 18.9 Å². The molecule has 0 aromatic heterocycles. The van der Waals surface area contributed by atoms with E-state index in [9.17, 15) is 5.11 Å². The van der Waals surface area contributed by atoms with E-state index in [-0.39, 0.29) is 18.6 Å². The van der Waals surface area contributed by atoms with Gasteiger partial charge in [-0.25, -0.2) is 0 Å². The third-order valence-corrected chi connectivity index (χ3v) is 11.9. The highest BCUT2D eigenvalue weighted by atomic mass is 16.5. The van der Waals surface area contributed by atoms with Crippen molar-refractivity contribution in [2.75, 3.05) is 35.0 Å². The molecule has 282 valence electrons. The molecule has 1 fully saturated rings. The van der Waals surface area contributed by atoms with E-state index < -0.39 is 10.8 Å². The Hall–Kier alpha value is -5.56. The van der Waals surface area contributed by atoms with Crippen LogP contribution in [-0.4, -0.2) is 51.1 Å². The fraction of sp³-hybridized carbons (Fsp3) is 0.265. The summed E-state index contributed by atoms with van der Waals surface area (Å²) in [5, 5.41) is 12.3. The van der Waals surface area contributed by atoms with E-state index in [1.54, 1.807) is 28.4 Å². The van der Waals surface area contributed by atoms with Gasteiger partial charge in [-0.05, 0) is 94.8 Å². The maximum Gasteiger partial charge on any atom is 0.118 e. The first-order valence-electron chi connectivity index (χ1n) is 19.0. The zero-order chi connectivity index (χ0) is 38.3. The van der Waals surface area contributed by atoms with Gasteiger partial charge in [-0.3, -0.25) is 4.90 Å². The quantitative estimate of drug-likeness (QED) is 0.120. The second-order valence-electron chi connectivity index (χ2n) is 14.5. The van der Waals surface area contributed by atoms with Crippen LogP contribution in [0.25, 0.3) is 0 Å². The van der Waals surface area contributed by atoms with E-state index in [0.29, 0.717) is 6.42 Å². The lowest BCUT2D eigenvalue weighted by Gasteiger charge is -2.62. The summed E-state index contributed by atoms with van der Waals surface area (Å²) < 4.78 is 22.9. The monoisotopic (exact) mass is 733 g/mol. The molecular weight excluding hydrogens is 683 g/mol. The molecular formula is C49H51NO5. The Bertz CT molecular complexity index is 2000. The Morgan fingerprint density at radius 3 is 1.27 bits per heavy atom. The summed E-state index contributed by atoms with van der Waals surface area (Å²) >= 11 is 0. The van der Waals surface area contributed by atoms with Crippen molar-refractivity contribution in [2.24, 2.45) is 0 Å². The van der Waals surface area contributed by atoms with Crippen molar-refractivity contribution in [3.8, 4) is 23.0 Å². The normalized spacial score (nSPS) is 19.1. The van der Waals surface area contributed by atoms with Crippen LogP contribution in [0.5, 0.6) is 23.0 Å². The van der Waals surface area contributed by atoms with Gasteiger partial charge in [-0.2, -0.15) is 0 Å². The first kappa shape index (κ1) is 37.7. The van der Waals surface area contributed by atoms with Crippen molar-refractivity contribution in [1.29, 1.82) is 0 Å². The second-order valence-corrected chi connectivity index (χ2v) is 14.5. The number of aliphatic hydroxyl groups is 1. The SMILES string of the molecule is COc1ccc(C2C(N(Cc3ccccc3)Cc3ccccc3)CCC(CO)(c3ccc(OC)cc3)C2(c2ccc(OC)cc2)c2ccc(OC)cc2)cc1. The lowest BCUT2D eigenvalue weighted by molar-refractivity contribution is 0.00820. The topological polar surface area (TPSA) is 60.4 Å². The Labute approximate surface area is 325 Å². The third kappa shape index (κ3) is 7.20. The van der Waals surface area contributed by atoms with Crippen molar-refractivity contribution in [1.82, 2.24) is 4.90 Å². The van der Waals surface area contributed by atoms with Gasteiger partial charge in [0.2, 0.25) is 0 Å². The molecule has 3 unspecified atom stereocenters. The average Bonchev–Trinajstić information content (AvgIpc) is 3.26. The molecule has 3 atom stereocenters. The molecule has 1 N–H and O–H groups in total. The van der Waals surface area contributed by atoms with Crippen LogP contribution >= 0.6 is 0 Å². The molecule has 6 aromatic carbocycles. The van der Waals surface area contributed by atoms with Crippen LogP contribution in [-0.2, 0) is 23.9 Å². The van der Waals surface area contributed by atoms with Gasteiger partial charge in [0.15, 0.2) is 0 Å². The van der Waals surface area contributed by atoms with Gasteiger partial charge in [0.1, 0.15) is 23.0 Å². The van der Waals surface area contributed by atoms with Crippen molar-refractivity contribution in [2.45, 2.75) is 48.7 Å². The van der Waals surface area contributed by atoms with Crippen LogP contribution in [0.3, 0.4) is 0 Å². The van der Waals surface area contributed by atoms with E-state index >= 15 is 0 Å². The van der Waals surface area contributed by atoms with Crippen LogP contribution in [0.2, 0.25) is 0 Å². The molecule has 0 amide bonds. The van der Waals surface area contributed by atoms with E-state index in [1.807, 2.05) is 12.1 Å².